The van der Waals surface area contributed by atoms with Crippen LogP contribution in [0.3, 0.4) is 0 Å². The maximum Gasteiger partial charge on any atom is 0.367 e. The van der Waals surface area contributed by atoms with Gasteiger partial charge in [-0.25, -0.2) is 21.6 Å². The average molecular weight is 568 g/mol. The highest BCUT2D eigenvalue weighted by atomic mass is 32.2. The van der Waals surface area contributed by atoms with Crippen molar-refractivity contribution in [2.45, 2.75) is 42.3 Å². The van der Waals surface area contributed by atoms with Crippen LogP contribution in [-0.4, -0.2) is 77.9 Å². The smallest absolute Gasteiger partial charge is 0.367 e. The van der Waals surface area contributed by atoms with Gasteiger partial charge in [-0.3, -0.25) is 4.79 Å². The van der Waals surface area contributed by atoms with Gasteiger partial charge < -0.3 is 28.8 Å². The number of alkyl halides is 4. The minimum Gasteiger partial charge on any atom is -0.743 e. The Balaban J connectivity index is 0.000000360. The summed E-state index contributed by atoms with van der Waals surface area (Å²) in [6.45, 7) is -3.63. The third-order valence-electron chi connectivity index (χ3n) is 4.62. The largest absolute Gasteiger partial charge is 0.743 e. The van der Waals surface area contributed by atoms with E-state index >= 15 is 0 Å². The highest BCUT2D eigenvalue weighted by molar-refractivity contribution is 7.87. The lowest BCUT2D eigenvalue weighted by atomic mass is 9.88. The second-order valence-corrected chi connectivity index (χ2v) is 10.4. The molecule has 1 aromatic carbocycles. The Morgan fingerprint density at radius 3 is 1.69 bits per heavy atom. The van der Waals surface area contributed by atoms with Crippen LogP contribution in [0, 0.1) is 5.92 Å². The summed E-state index contributed by atoms with van der Waals surface area (Å²) >= 11 is 0. The monoisotopic (exact) mass is 568 g/mol. The van der Waals surface area contributed by atoms with E-state index in [0.717, 1.165) is 24.3 Å². The fourth-order valence-electron chi connectivity index (χ4n) is 2.56. The van der Waals surface area contributed by atoms with Crippen LogP contribution in [0.1, 0.15) is 36.0 Å². The van der Waals surface area contributed by atoms with Crippen molar-refractivity contribution in [3.8, 4) is 5.75 Å². The zero-order valence-corrected chi connectivity index (χ0v) is 19.6. The molecule has 2 N–H and O–H groups in total. The highest BCUT2D eigenvalue weighted by Crippen LogP contribution is 2.27. The molecule has 0 atom stereocenters. The lowest BCUT2D eigenvalue weighted by Gasteiger charge is -2.25. The van der Waals surface area contributed by atoms with E-state index in [2.05, 4.69) is 9.47 Å². The summed E-state index contributed by atoms with van der Waals surface area (Å²) in [7, 11) is -11.7. The number of phenols is 1. The lowest BCUT2D eigenvalue weighted by Crippen LogP contribution is -2.36. The maximum atomic E-state index is 12.7. The van der Waals surface area contributed by atoms with Crippen molar-refractivity contribution >= 4 is 32.2 Å². The van der Waals surface area contributed by atoms with Crippen LogP contribution in [0.5, 0.6) is 5.75 Å². The van der Waals surface area contributed by atoms with Gasteiger partial charge >= 0.3 is 22.4 Å². The molecular weight excluding hydrogens is 548 g/mol. The third-order valence-corrected chi connectivity index (χ3v) is 6.32. The molecule has 0 amide bonds. The lowest BCUT2D eigenvalue weighted by molar-refractivity contribution is -0.156. The van der Waals surface area contributed by atoms with Gasteiger partial charge in [0.2, 0.25) is 0 Å². The molecule has 0 bridgehead atoms. The molecule has 1 aromatic rings. The molecule has 2 rings (SSSR count). The highest BCUT2D eigenvalue weighted by Gasteiger charge is 2.40. The van der Waals surface area contributed by atoms with Gasteiger partial charge in [-0.1, -0.05) is 0 Å². The number of aromatic hydroxyl groups is 1. The quantitative estimate of drug-likeness (QED) is 0.255. The number of halogens is 4. The summed E-state index contributed by atoms with van der Waals surface area (Å²) in [5, 5.41) is 8.80. The molecule has 1 aliphatic rings. The van der Waals surface area contributed by atoms with Crippen LogP contribution in [0.25, 0.3) is 0 Å². The first-order valence-corrected chi connectivity index (χ1v) is 12.6. The number of esters is 2. The molecule has 1 saturated carbocycles. The minimum atomic E-state index is -5.89. The van der Waals surface area contributed by atoms with E-state index in [9.17, 15) is 58.2 Å². The zero-order chi connectivity index (χ0) is 27.9. The Morgan fingerprint density at radius 1 is 0.861 bits per heavy atom. The summed E-state index contributed by atoms with van der Waals surface area (Å²) in [6.07, 6.45) is 0.773. The molecular formula is C18H20F4O12S2-2. The molecule has 12 nitrogen and oxygen atoms in total. The predicted molar refractivity (Wildman–Crippen MR) is 107 cm³/mol. The number of aliphatic hydroxyl groups is 1. The number of benzene rings is 1. The van der Waals surface area contributed by atoms with Crippen molar-refractivity contribution in [3.63, 3.8) is 0 Å². The summed E-state index contributed by atoms with van der Waals surface area (Å²) < 4.78 is 120. The molecule has 0 aromatic heterocycles. The Hall–Kier alpha value is -2.54. The molecule has 36 heavy (non-hydrogen) atoms. The summed E-state index contributed by atoms with van der Waals surface area (Å²) in [5.41, 5.74) is -0.174. The van der Waals surface area contributed by atoms with Crippen molar-refractivity contribution in [1.29, 1.82) is 0 Å². The van der Waals surface area contributed by atoms with Crippen LogP contribution >= 0.6 is 0 Å². The molecule has 0 radical (unpaired) electrons. The molecule has 0 unspecified atom stereocenters. The van der Waals surface area contributed by atoms with Gasteiger partial charge in [-0.15, -0.1) is 0 Å². The summed E-state index contributed by atoms with van der Waals surface area (Å²) in [6, 6.07) is 4.39. The topological polar surface area (TPSA) is 207 Å². The zero-order valence-electron chi connectivity index (χ0n) is 18.0. The summed E-state index contributed by atoms with van der Waals surface area (Å²) in [5.74, 6) is -3.00. The van der Waals surface area contributed by atoms with E-state index in [1.165, 1.54) is 0 Å². The van der Waals surface area contributed by atoms with Crippen molar-refractivity contribution in [3.05, 3.63) is 29.8 Å². The van der Waals surface area contributed by atoms with E-state index in [-0.39, 0.29) is 24.2 Å². The van der Waals surface area contributed by atoms with Gasteiger partial charge in [0, 0.05) is 0 Å². The van der Waals surface area contributed by atoms with E-state index in [1.54, 1.807) is 0 Å². The van der Waals surface area contributed by atoms with Crippen molar-refractivity contribution in [2.24, 2.45) is 5.92 Å². The molecule has 0 heterocycles. The van der Waals surface area contributed by atoms with Gasteiger partial charge in [-0.2, -0.15) is 17.6 Å². The van der Waals surface area contributed by atoms with Crippen LogP contribution in [0.2, 0.25) is 0 Å². The van der Waals surface area contributed by atoms with Gasteiger partial charge in [-0.05, 0) is 49.9 Å². The number of hydrogen-bond acceptors (Lipinski definition) is 12. The van der Waals surface area contributed by atoms with Crippen molar-refractivity contribution in [2.75, 3.05) is 13.2 Å². The van der Waals surface area contributed by atoms with Gasteiger partial charge in [0.05, 0.1) is 17.6 Å². The number of aliphatic hydroxyl groups excluding tert-OH is 1. The number of rotatable bonds is 8. The van der Waals surface area contributed by atoms with Crippen molar-refractivity contribution < 1.29 is 72.8 Å². The van der Waals surface area contributed by atoms with Crippen LogP contribution in [0.15, 0.2) is 24.3 Å². The van der Waals surface area contributed by atoms with Gasteiger partial charge in [0.15, 0.2) is 33.5 Å². The minimum absolute atomic E-state index is 0.154. The molecule has 18 heteroatoms. The molecule has 0 aliphatic heterocycles. The second kappa shape index (κ2) is 12.1. The Morgan fingerprint density at radius 2 is 1.28 bits per heavy atom. The normalized spacial score (nSPS) is 19.0. The van der Waals surface area contributed by atoms with E-state index < -0.39 is 67.9 Å². The van der Waals surface area contributed by atoms with Crippen LogP contribution in [-0.2, 0) is 34.5 Å². The SMILES string of the molecule is O=C(OCC(F)(F)S(=O)(=O)[O-])C1CCC(O)CC1.O=C(OCC(F)(F)S(=O)(=O)[O-])c1ccc(O)cc1. The maximum absolute atomic E-state index is 12.7. The van der Waals surface area contributed by atoms with Crippen molar-refractivity contribution in [1.82, 2.24) is 0 Å². The average Bonchev–Trinajstić information content (AvgIpc) is 2.76. The Kier molecular flexibility index (Phi) is 10.6. The first kappa shape index (κ1) is 31.5. The number of phenolic OH excluding ortho intramolecular Hbond substituents is 1. The molecule has 206 valence electrons. The van der Waals surface area contributed by atoms with E-state index in [0.29, 0.717) is 12.8 Å². The molecule has 1 aliphatic carbocycles. The van der Waals surface area contributed by atoms with Crippen LogP contribution < -0.4 is 0 Å². The standard InChI is InChI=1S/C9H14F2O6S.C9H8F2O6S/c2*10-9(11,18(14,15)16)5-17-8(13)6-1-3-7(12)4-2-6/h6-7,12H,1-5H2,(H,14,15,16);1-4,12H,5H2,(H,14,15,16)/p-2. The van der Waals surface area contributed by atoms with Crippen LogP contribution in [0.4, 0.5) is 17.6 Å². The fraction of sp³-hybridized carbons (Fsp3) is 0.556. The number of ether oxygens (including phenoxy) is 2. The fourth-order valence-corrected chi connectivity index (χ4v) is 2.97. The number of carbonyl (C=O) groups excluding carboxylic acids is 2. The first-order valence-electron chi connectivity index (χ1n) is 9.74. The molecule has 0 spiro atoms. The Bertz CT molecular complexity index is 1110. The van der Waals surface area contributed by atoms with E-state index in [1.807, 2.05) is 0 Å². The second-order valence-electron chi connectivity index (χ2n) is 7.42. The van der Waals surface area contributed by atoms with Gasteiger partial charge in [0.1, 0.15) is 5.75 Å². The van der Waals surface area contributed by atoms with Gasteiger partial charge in [0.25, 0.3) is 0 Å². The number of hydrogen-bond donors (Lipinski definition) is 2. The Labute approximate surface area is 202 Å². The molecule has 1 fully saturated rings. The summed E-state index contributed by atoms with van der Waals surface area (Å²) in [4.78, 5) is 22.5. The molecule has 0 saturated heterocycles. The predicted octanol–water partition coefficient (Wildman–Crippen LogP) is 0.906. The third kappa shape index (κ3) is 9.49. The number of carbonyl (C=O) groups is 2. The van der Waals surface area contributed by atoms with E-state index in [4.69, 9.17) is 5.11 Å². The first-order chi connectivity index (χ1) is 16.3.